The molecule has 0 amide bonds. The van der Waals surface area contributed by atoms with Crippen LogP contribution in [0.2, 0.25) is 0 Å². The van der Waals surface area contributed by atoms with E-state index in [4.69, 9.17) is 0 Å². The molecule has 1 fully saturated rings. The average molecular weight is 320 g/mol. The van der Waals surface area contributed by atoms with Gasteiger partial charge in [-0.3, -0.25) is 10.1 Å². The smallest absolute Gasteiger partial charge is 0.258 e. The molecule has 0 aliphatic carbocycles. The number of rotatable bonds is 3. The maximum Gasteiger partial charge on any atom is 0.324 e. The minimum atomic E-state index is -4.05. The fourth-order valence-corrected chi connectivity index (χ4v) is 4.63. The van der Waals surface area contributed by atoms with Crippen LogP contribution in [0, 0.1) is 15.9 Å². The van der Waals surface area contributed by atoms with Gasteiger partial charge < -0.3 is 0 Å². The van der Waals surface area contributed by atoms with E-state index in [1.54, 1.807) is 11.8 Å². The van der Waals surface area contributed by atoms with Crippen LogP contribution < -0.4 is 0 Å². The van der Waals surface area contributed by atoms with E-state index in [9.17, 15) is 22.9 Å². The first kappa shape index (κ1) is 15.2. The third kappa shape index (κ3) is 2.94. The predicted octanol–water partition coefficient (Wildman–Crippen LogP) is 1.86. The highest BCUT2D eigenvalue weighted by molar-refractivity contribution is 7.99. The summed E-state index contributed by atoms with van der Waals surface area (Å²) in [6.45, 7) is 0.573. The average Bonchev–Trinajstić information content (AvgIpc) is 2.67. The van der Waals surface area contributed by atoms with Gasteiger partial charge in [0.1, 0.15) is 0 Å². The Hall–Kier alpha value is -1.19. The molecule has 9 heteroatoms. The Morgan fingerprint density at radius 3 is 2.75 bits per heavy atom. The first-order valence-electron chi connectivity index (χ1n) is 5.95. The summed E-state index contributed by atoms with van der Waals surface area (Å²) in [4.78, 5) is 9.35. The summed E-state index contributed by atoms with van der Waals surface area (Å²) in [6.07, 6.45) is 0.674. The summed E-state index contributed by atoms with van der Waals surface area (Å²) in [5.41, 5.74) is -0.982. The van der Waals surface area contributed by atoms with Crippen LogP contribution in [0.4, 0.5) is 10.1 Å². The molecular weight excluding hydrogens is 307 g/mol. The number of halogens is 1. The summed E-state index contributed by atoms with van der Waals surface area (Å²) < 4.78 is 39.7. The molecule has 0 aromatic heterocycles. The summed E-state index contributed by atoms with van der Waals surface area (Å²) >= 11 is 1.63. The highest BCUT2D eigenvalue weighted by Crippen LogP contribution is 2.30. The molecule has 1 aromatic rings. The number of benzene rings is 1. The Bertz CT molecular complexity index is 613. The Morgan fingerprint density at radius 2 is 2.05 bits per heavy atom. The monoisotopic (exact) mass is 320 g/mol. The molecule has 0 atom stereocenters. The third-order valence-corrected chi connectivity index (χ3v) is 5.91. The van der Waals surface area contributed by atoms with Crippen molar-refractivity contribution in [2.75, 3.05) is 24.6 Å². The van der Waals surface area contributed by atoms with Gasteiger partial charge in [-0.25, -0.2) is 8.42 Å². The van der Waals surface area contributed by atoms with Crippen molar-refractivity contribution < 1.29 is 17.7 Å². The zero-order valence-corrected chi connectivity index (χ0v) is 12.1. The molecule has 2 rings (SSSR count). The van der Waals surface area contributed by atoms with Crippen LogP contribution in [0.3, 0.4) is 0 Å². The minimum Gasteiger partial charge on any atom is -0.258 e. The fraction of sp³-hybridized carbons (Fsp3) is 0.455. The van der Waals surface area contributed by atoms with Gasteiger partial charge in [0.15, 0.2) is 4.90 Å². The van der Waals surface area contributed by atoms with E-state index in [1.165, 1.54) is 10.4 Å². The lowest BCUT2D eigenvalue weighted by molar-refractivity contribution is -0.390. The zero-order valence-electron chi connectivity index (χ0n) is 10.5. The van der Waals surface area contributed by atoms with Crippen molar-refractivity contribution in [2.24, 2.45) is 0 Å². The van der Waals surface area contributed by atoms with Gasteiger partial charge in [-0.05, 0) is 24.3 Å². The fourth-order valence-electron chi connectivity index (χ4n) is 1.98. The number of nitrogens with zero attached hydrogens (tertiary/aromatic N) is 2. The van der Waals surface area contributed by atoms with Gasteiger partial charge in [0, 0.05) is 18.8 Å². The zero-order chi connectivity index (χ0) is 14.8. The van der Waals surface area contributed by atoms with Crippen LogP contribution in [0.15, 0.2) is 23.1 Å². The van der Waals surface area contributed by atoms with E-state index in [-0.39, 0.29) is 6.54 Å². The van der Waals surface area contributed by atoms with E-state index in [0.717, 1.165) is 17.9 Å². The molecule has 0 spiro atoms. The maximum absolute atomic E-state index is 13.5. The van der Waals surface area contributed by atoms with Crippen molar-refractivity contribution in [1.82, 2.24) is 4.31 Å². The molecule has 1 aromatic carbocycles. The van der Waals surface area contributed by atoms with Gasteiger partial charge in [-0.15, -0.1) is 0 Å². The molecule has 110 valence electrons. The number of para-hydroxylation sites is 1. The normalized spacial score (nSPS) is 17.6. The van der Waals surface area contributed by atoms with Gasteiger partial charge in [0.05, 0.1) is 4.92 Å². The highest BCUT2D eigenvalue weighted by atomic mass is 32.2. The second-order valence-corrected chi connectivity index (χ2v) is 7.34. The summed E-state index contributed by atoms with van der Waals surface area (Å²) in [7, 11) is -4.05. The van der Waals surface area contributed by atoms with E-state index in [1.807, 2.05) is 0 Å². The summed E-state index contributed by atoms with van der Waals surface area (Å²) in [6, 6.07) is 3.13. The maximum atomic E-state index is 13.5. The molecule has 0 saturated carbocycles. The van der Waals surface area contributed by atoms with E-state index < -0.39 is 31.3 Å². The van der Waals surface area contributed by atoms with Crippen molar-refractivity contribution in [2.45, 2.75) is 11.3 Å². The van der Waals surface area contributed by atoms with Crippen molar-refractivity contribution in [3.05, 3.63) is 34.1 Å². The van der Waals surface area contributed by atoms with E-state index in [0.29, 0.717) is 18.7 Å². The van der Waals surface area contributed by atoms with E-state index in [2.05, 4.69) is 0 Å². The van der Waals surface area contributed by atoms with Gasteiger partial charge in [-0.2, -0.15) is 20.5 Å². The van der Waals surface area contributed by atoms with Crippen molar-refractivity contribution in [3.8, 4) is 0 Å². The lowest BCUT2D eigenvalue weighted by Gasteiger charge is -2.19. The van der Waals surface area contributed by atoms with Crippen LogP contribution in [0.25, 0.3) is 0 Å². The Morgan fingerprint density at radius 1 is 1.30 bits per heavy atom. The SMILES string of the molecule is O=[N+]([O-])c1c(F)cccc1S(=O)(=O)N1CCCSCC1. The Kier molecular flexibility index (Phi) is 4.61. The molecule has 0 bridgehead atoms. The topological polar surface area (TPSA) is 80.5 Å². The molecule has 0 unspecified atom stereocenters. The highest BCUT2D eigenvalue weighted by Gasteiger charge is 2.34. The van der Waals surface area contributed by atoms with E-state index >= 15 is 0 Å². The van der Waals surface area contributed by atoms with Gasteiger partial charge >= 0.3 is 5.69 Å². The second-order valence-electron chi connectivity index (χ2n) is 4.21. The van der Waals surface area contributed by atoms with Gasteiger partial charge in [0.25, 0.3) is 0 Å². The predicted molar refractivity (Wildman–Crippen MR) is 73.8 cm³/mol. The number of hydrogen-bond donors (Lipinski definition) is 0. The minimum absolute atomic E-state index is 0.278. The summed E-state index contributed by atoms with van der Waals surface area (Å²) in [5, 5.41) is 10.9. The lowest BCUT2D eigenvalue weighted by Crippen LogP contribution is -2.33. The molecular formula is C11H13FN2O4S2. The molecule has 0 N–H and O–H groups in total. The number of nitro groups is 1. The van der Waals surface area contributed by atoms with Crippen LogP contribution in [0.5, 0.6) is 0 Å². The molecule has 1 aliphatic rings. The van der Waals surface area contributed by atoms with Crippen molar-refractivity contribution in [1.29, 1.82) is 0 Å². The second kappa shape index (κ2) is 6.06. The number of nitro benzene ring substituents is 1. The van der Waals surface area contributed by atoms with Crippen LogP contribution in [-0.4, -0.2) is 42.2 Å². The largest absolute Gasteiger partial charge is 0.324 e. The van der Waals surface area contributed by atoms with Crippen molar-refractivity contribution in [3.63, 3.8) is 0 Å². The Labute approximate surface area is 120 Å². The van der Waals surface area contributed by atoms with Crippen molar-refractivity contribution >= 4 is 27.5 Å². The van der Waals surface area contributed by atoms with Crippen LogP contribution in [0.1, 0.15) is 6.42 Å². The molecule has 6 nitrogen and oxygen atoms in total. The van der Waals surface area contributed by atoms with Crippen LogP contribution in [-0.2, 0) is 10.0 Å². The van der Waals surface area contributed by atoms with Gasteiger partial charge in [0.2, 0.25) is 15.8 Å². The molecule has 20 heavy (non-hydrogen) atoms. The lowest BCUT2D eigenvalue weighted by atomic mass is 10.3. The first-order chi connectivity index (χ1) is 9.44. The molecule has 1 saturated heterocycles. The number of hydrogen-bond acceptors (Lipinski definition) is 5. The van der Waals surface area contributed by atoms with Gasteiger partial charge in [-0.1, -0.05) is 6.07 Å². The molecule has 1 aliphatic heterocycles. The summed E-state index contributed by atoms with van der Waals surface area (Å²) in [5.74, 6) is 0.333. The van der Waals surface area contributed by atoms with Crippen LogP contribution >= 0.6 is 11.8 Å². The quantitative estimate of drug-likeness (QED) is 0.627. The Balaban J connectivity index is 2.48. The number of thioether (sulfide) groups is 1. The molecule has 0 radical (unpaired) electrons. The number of sulfonamides is 1. The molecule has 1 heterocycles. The first-order valence-corrected chi connectivity index (χ1v) is 8.55. The third-order valence-electron chi connectivity index (χ3n) is 2.93. The standard InChI is InChI=1S/C11H13FN2O4S2/c12-9-3-1-4-10(11(9)14(15)16)20(17,18)13-5-2-7-19-8-6-13/h1,3-4H,2,5-8H2.